The lowest BCUT2D eigenvalue weighted by Crippen LogP contribution is -2.28. The average Bonchev–Trinajstić information content (AvgIpc) is 3.13. The van der Waals surface area contributed by atoms with E-state index in [1.54, 1.807) is 61.0 Å². The maximum Gasteiger partial charge on any atom is 0.253 e. The third-order valence-electron chi connectivity index (χ3n) is 4.49. The molecule has 0 bridgehead atoms. The molecule has 0 fully saturated rings. The van der Waals surface area contributed by atoms with Gasteiger partial charge in [0.15, 0.2) is 11.0 Å². The van der Waals surface area contributed by atoms with Crippen molar-refractivity contribution in [1.29, 1.82) is 0 Å². The Kier molecular flexibility index (Phi) is 8.00. The summed E-state index contributed by atoms with van der Waals surface area (Å²) >= 11 is 13.3. The maximum atomic E-state index is 12.5. The van der Waals surface area contributed by atoms with Gasteiger partial charge in [-0.1, -0.05) is 47.1 Å². The standard InChI is InChI=1S/C21H21Cl2N5O3S/c1-12(24-20(30)14-6-4-5-7-15(14)23)19-26-27-21(28(19)2)32-11-18(29)25-16-10-13(22)8-9-17(16)31-3/h4-10,12H,11H2,1-3H3,(H,24,30)(H,25,29)/t12-/m0/s1. The van der Waals surface area contributed by atoms with Crippen LogP contribution in [-0.2, 0) is 11.8 Å². The average molecular weight is 494 g/mol. The molecule has 0 spiro atoms. The van der Waals surface area contributed by atoms with Crippen LogP contribution in [0.4, 0.5) is 5.69 Å². The number of benzene rings is 2. The van der Waals surface area contributed by atoms with Crippen molar-refractivity contribution in [3.05, 3.63) is 63.9 Å². The molecule has 1 heterocycles. The number of halogens is 2. The number of nitrogens with one attached hydrogen (secondary N) is 2. The van der Waals surface area contributed by atoms with E-state index in [4.69, 9.17) is 27.9 Å². The van der Waals surface area contributed by atoms with Gasteiger partial charge in [-0.2, -0.15) is 0 Å². The van der Waals surface area contributed by atoms with Gasteiger partial charge in [-0.15, -0.1) is 10.2 Å². The van der Waals surface area contributed by atoms with Gasteiger partial charge in [0.1, 0.15) is 5.75 Å². The molecule has 0 aliphatic carbocycles. The SMILES string of the molecule is COc1ccc(Cl)cc1NC(=O)CSc1nnc([C@H](C)NC(=O)c2ccccc2Cl)n1C. The highest BCUT2D eigenvalue weighted by Gasteiger charge is 2.20. The highest BCUT2D eigenvalue weighted by atomic mass is 35.5. The van der Waals surface area contributed by atoms with Crippen molar-refractivity contribution in [3.8, 4) is 5.75 Å². The fourth-order valence-corrected chi connectivity index (χ4v) is 4.02. The Bertz CT molecular complexity index is 1140. The number of nitrogens with zero attached hydrogens (tertiary/aromatic N) is 3. The van der Waals surface area contributed by atoms with Gasteiger partial charge >= 0.3 is 0 Å². The second kappa shape index (κ2) is 10.7. The Labute approximate surface area is 199 Å². The summed E-state index contributed by atoms with van der Waals surface area (Å²) in [5.74, 6) is 0.596. The second-order valence-corrected chi connectivity index (χ2v) is 8.54. The minimum absolute atomic E-state index is 0.0992. The van der Waals surface area contributed by atoms with Crippen LogP contribution in [0.1, 0.15) is 29.1 Å². The quantitative estimate of drug-likeness (QED) is 0.452. The molecule has 0 aliphatic heterocycles. The molecular weight excluding hydrogens is 473 g/mol. The second-order valence-electron chi connectivity index (χ2n) is 6.76. The molecule has 0 saturated carbocycles. The van der Waals surface area contributed by atoms with Gasteiger partial charge in [-0.3, -0.25) is 9.59 Å². The molecule has 2 aromatic carbocycles. The molecule has 2 amide bonds. The maximum absolute atomic E-state index is 12.5. The van der Waals surface area contributed by atoms with Crippen molar-refractivity contribution in [3.63, 3.8) is 0 Å². The zero-order valence-corrected chi connectivity index (χ0v) is 19.9. The van der Waals surface area contributed by atoms with E-state index in [-0.39, 0.29) is 17.6 Å². The van der Waals surface area contributed by atoms with E-state index in [0.717, 1.165) is 0 Å². The van der Waals surface area contributed by atoms with Crippen molar-refractivity contribution in [2.75, 3.05) is 18.2 Å². The van der Waals surface area contributed by atoms with Crippen LogP contribution < -0.4 is 15.4 Å². The molecule has 8 nitrogen and oxygen atoms in total. The molecule has 2 N–H and O–H groups in total. The molecule has 3 rings (SSSR count). The Balaban J connectivity index is 1.61. The van der Waals surface area contributed by atoms with E-state index < -0.39 is 6.04 Å². The molecule has 0 aliphatic rings. The first-order chi connectivity index (χ1) is 15.3. The molecule has 11 heteroatoms. The summed E-state index contributed by atoms with van der Waals surface area (Å²) in [7, 11) is 3.29. The van der Waals surface area contributed by atoms with E-state index >= 15 is 0 Å². The minimum Gasteiger partial charge on any atom is -0.495 e. The zero-order valence-electron chi connectivity index (χ0n) is 17.6. The highest BCUT2D eigenvalue weighted by Crippen LogP contribution is 2.28. The predicted molar refractivity (Wildman–Crippen MR) is 126 cm³/mol. The normalized spacial score (nSPS) is 11.7. The number of ether oxygens (including phenoxy) is 1. The fraction of sp³-hybridized carbons (Fsp3) is 0.238. The van der Waals surface area contributed by atoms with Crippen molar-refractivity contribution < 1.29 is 14.3 Å². The van der Waals surface area contributed by atoms with Crippen LogP contribution >= 0.6 is 35.0 Å². The number of thioether (sulfide) groups is 1. The van der Waals surface area contributed by atoms with Gasteiger partial charge in [-0.05, 0) is 37.3 Å². The van der Waals surface area contributed by atoms with E-state index in [1.807, 2.05) is 0 Å². The van der Waals surface area contributed by atoms with Crippen molar-refractivity contribution in [1.82, 2.24) is 20.1 Å². The van der Waals surface area contributed by atoms with Gasteiger partial charge in [-0.25, -0.2) is 0 Å². The first kappa shape index (κ1) is 23.9. The monoisotopic (exact) mass is 493 g/mol. The molecule has 32 heavy (non-hydrogen) atoms. The molecule has 168 valence electrons. The van der Waals surface area contributed by atoms with Gasteiger partial charge in [0.05, 0.1) is 35.2 Å². The number of aromatic nitrogens is 3. The van der Waals surface area contributed by atoms with Crippen molar-refractivity contribution in [2.45, 2.75) is 18.1 Å². The lowest BCUT2D eigenvalue weighted by atomic mass is 10.2. The van der Waals surface area contributed by atoms with Crippen LogP contribution in [0.5, 0.6) is 5.75 Å². The number of hydrogen-bond donors (Lipinski definition) is 2. The van der Waals surface area contributed by atoms with Gasteiger partial charge in [0, 0.05) is 12.1 Å². The first-order valence-corrected chi connectivity index (χ1v) is 11.2. The van der Waals surface area contributed by atoms with Crippen LogP contribution in [0.2, 0.25) is 10.0 Å². The molecule has 1 aromatic heterocycles. The summed E-state index contributed by atoms with van der Waals surface area (Å²) in [5, 5.41) is 15.3. The number of methoxy groups -OCH3 is 1. The van der Waals surface area contributed by atoms with E-state index in [1.165, 1.54) is 18.9 Å². The topological polar surface area (TPSA) is 98.1 Å². The Morgan fingerprint density at radius 2 is 1.94 bits per heavy atom. The van der Waals surface area contributed by atoms with Gasteiger partial charge in [0.25, 0.3) is 5.91 Å². The van der Waals surface area contributed by atoms with Crippen molar-refractivity contribution >= 4 is 52.5 Å². The van der Waals surface area contributed by atoms with E-state index in [2.05, 4.69) is 20.8 Å². The number of hydrogen-bond acceptors (Lipinski definition) is 6. The lowest BCUT2D eigenvalue weighted by molar-refractivity contribution is -0.113. The molecule has 0 radical (unpaired) electrons. The Morgan fingerprint density at radius 1 is 1.19 bits per heavy atom. The summed E-state index contributed by atoms with van der Waals surface area (Å²) in [6, 6.07) is 11.4. The molecule has 0 unspecified atom stereocenters. The summed E-state index contributed by atoms with van der Waals surface area (Å²) in [5.41, 5.74) is 0.867. The predicted octanol–water partition coefficient (Wildman–Crippen LogP) is 4.35. The number of anilines is 1. The van der Waals surface area contributed by atoms with Gasteiger partial charge < -0.3 is 19.9 Å². The Hall–Kier alpha value is -2.75. The van der Waals surface area contributed by atoms with E-state index in [0.29, 0.717) is 38.0 Å². The van der Waals surface area contributed by atoms with Crippen LogP contribution in [0.25, 0.3) is 0 Å². The third kappa shape index (κ3) is 5.73. The summed E-state index contributed by atoms with van der Waals surface area (Å²) < 4.78 is 6.97. The third-order valence-corrected chi connectivity index (χ3v) is 6.07. The van der Waals surface area contributed by atoms with Crippen molar-refractivity contribution in [2.24, 2.45) is 7.05 Å². The first-order valence-electron chi connectivity index (χ1n) is 9.51. The largest absolute Gasteiger partial charge is 0.495 e. The number of carbonyl (C=O) groups excluding carboxylic acids is 2. The number of carbonyl (C=O) groups is 2. The smallest absolute Gasteiger partial charge is 0.253 e. The van der Waals surface area contributed by atoms with Crippen LogP contribution in [0.15, 0.2) is 47.6 Å². The molecule has 3 aromatic rings. The summed E-state index contributed by atoms with van der Waals surface area (Å²) in [6.07, 6.45) is 0. The van der Waals surface area contributed by atoms with E-state index in [9.17, 15) is 9.59 Å². The van der Waals surface area contributed by atoms with Crippen LogP contribution in [0, 0.1) is 0 Å². The minimum atomic E-state index is -0.421. The number of rotatable bonds is 8. The highest BCUT2D eigenvalue weighted by molar-refractivity contribution is 7.99. The lowest BCUT2D eigenvalue weighted by Gasteiger charge is -2.14. The van der Waals surface area contributed by atoms with Gasteiger partial charge in [0.2, 0.25) is 5.91 Å². The Morgan fingerprint density at radius 3 is 2.66 bits per heavy atom. The molecule has 1 atom stereocenters. The molecule has 0 saturated heterocycles. The zero-order chi connectivity index (χ0) is 23.3. The van der Waals surface area contributed by atoms with Crippen LogP contribution in [0.3, 0.4) is 0 Å². The summed E-state index contributed by atoms with van der Waals surface area (Å²) in [6.45, 7) is 1.80. The fourth-order valence-electron chi connectivity index (χ4n) is 2.91. The van der Waals surface area contributed by atoms with Crippen LogP contribution in [-0.4, -0.2) is 39.4 Å². The number of amides is 2. The summed E-state index contributed by atoms with van der Waals surface area (Å²) in [4.78, 5) is 24.9. The molecular formula is C21H21Cl2N5O3S.